The molecule has 3 amide bonds. The lowest BCUT2D eigenvalue weighted by molar-refractivity contribution is -0.117. The van der Waals surface area contributed by atoms with E-state index >= 15 is 0 Å². The lowest BCUT2D eigenvalue weighted by Gasteiger charge is -2.17. The van der Waals surface area contributed by atoms with Crippen LogP contribution in [0.1, 0.15) is 6.42 Å². The molecule has 2 rings (SSSR count). The summed E-state index contributed by atoms with van der Waals surface area (Å²) in [6, 6.07) is 3.72. The van der Waals surface area contributed by atoms with E-state index in [0.717, 1.165) is 5.75 Å². The van der Waals surface area contributed by atoms with E-state index in [9.17, 15) is 9.59 Å². The zero-order valence-electron chi connectivity index (χ0n) is 11.5. The summed E-state index contributed by atoms with van der Waals surface area (Å²) in [5.41, 5.74) is 5.67. The fourth-order valence-corrected chi connectivity index (χ4v) is 2.35. The highest BCUT2D eigenvalue weighted by Gasteiger charge is 2.20. The smallest absolute Gasteiger partial charge is 0.312 e. The molecule has 1 aromatic carbocycles. The molecule has 0 aliphatic carbocycles. The maximum Gasteiger partial charge on any atom is 0.312 e. The van der Waals surface area contributed by atoms with Crippen LogP contribution in [-0.2, 0) is 4.79 Å². The summed E-state index contributed by atoms with van der Waals surface area (Å²) in [4.78, 5) is 23.2. The van der Waals surface area contributed by atoms with Crippen molar-refractivity contribution in [2.75, 3.05) is 24.1 Å². The van der Waals surface area contributed by atoms with Gasteiger partial charge in [-0.05, 0) is 30.6 Å². The van der Waals surface area contributed by atoms with E-state index in [4.69, 9.17) is 15.2 Å². The molecule has 1 atom stereocenters. The summed E-state index contributed by atoms with van der Waals surface area (Å²) in [5.74, 6) is 1.64. The number of hydrogen-bond donors (Lipinski definition) is 3. The van der Waals surface area contributed by atoms with Crippen LogP contribution in [0, 0.1) is 0 Å². The molecule has 4 N–H and O–H groups in total. The molecule has 0 fully saturated rings. The molecular formula is C13H17N3O4S. The van der Waals surface area contributed by atoms with Crippen LogP contribution < -0.4 is 25.8 Å². The van der Waals surface area contributed by atoms with Crippen molar-refractivity contribution in [3.05, 3.63) is 18.2 Å². The number of nitrogens with one attached hydrogen (secondary N) is 2. The highest BCUT2D eigenvalue weighted by molar-refractivity contribution is 7.98. The maximum atomic E-state index is 12.2. The first-order valence-electron chi connectivity index (χ1n) is 6.35. The van der Waals surface area contributed by atoms with E-state index in [1.54, 1.807) is 30.0 Å². The molecule has 0 aromatic heterocycles. The summed E-state index contributed by atoms with van der Waals surface area (Å²) in [7, 11) is 0. The average molecular weight is 311 g/mol. The average Bonchev–Trinajstić information content (AvgIpc) is 2.90. The highest BCUT2D eigenvalue weighted by Crippen LogP contribution is 2.34. The number of amides is 3. The number of anilines is 1. The lowest BCUT2D eigenvalue weighted by atomic mass is 10.2. The molecule has 0 unspecified atom stereocenters. The van der Waals surface area contributed by atoms with Gasteiger partial charge in [0, 0.05) is 11.8 Å². The molecule has 0 bridgehead atoms. The fraction of sp³-hybridized carbons (Fsp3) is 0.385. The molecule has 8 heteroatoms. The van der Waals surface area contributed by atoms with Gasteiger partial charge in [0.25, 0.3) is 0 Å². The second-order valence-electron chi connectivity index (χ2n) is 4.40. The Kier molecular flexibility index (Phi) is 5.15. The first-order chi connectivity index (χ1) is 10.1. The Labute approximate surface area is 126 Å². The van der Waals surface area contributed by atoms with Crippen molar-refractivity contribution in [2.45, 2.75) is 12.5 Å². The number of ether oxygens (including phenoxy) is 2. The Balaban J connectivity index is 2.01. The third kappa shape index (κ3) is 4.19. The Morgan fingerprint density at radius 2 is 2.14 bits per heavy atom. The molecule has 0 saturated carbocycles. The van der Waals surface area contributed by atoms with Gasteiger partial charge in [-0.1, -0.05) is 0 Å². The summed E-state index contributed by atoms with van der Waals surface area (Å²) in [6.45, 7) is 0.173. The topological polar surface area (TPSA) is 103 Å². The van der Waals surface area contributed by atoms with Crippen LogP contribution in [0.5, 0.6) is 11.5 Å². The molecule has 0 radical (unpaired) electrons. The molecule has 1 aliphatic rings. The van der Waals surface area contributed by atoms with Gasteiger partial charge < -0.3 is 25.8 Å². The first-order valence-corrected chi connectivity index (χ1v) is 7.75. The van der Waals surface area contributed by atoms with Crippen LogP contribution in [0.25, 0.3) is 0 Å². The van der Waals surface area contributed by atoms with Crippen LogP contribution >= 0.6 is 11.8 Å². The number of urea groups is 1. The number of carbonyl (C=O) groups excluding carboxylic acids is 2. The molecule has 1 aliphatic heterocycles. The molecule has 7 nitrogen and oxygen atoms in total. The standard InChI is InChI=1S/C13H17N3O4S/c1-21-5-4-9(16-13(14)18)12(17)15-8-2-3-10-11(6-8)20-7-19-10/h2-3,6,9H,4-5,7H2,1H3,(H,15,17)(H3,14,16,18)/t9-/m0/s1. The SMILES string of the molecule is CSCC[C@H](NC(N)=O)C(=O)Nc1ccc2c(c1)OCO2. The van der Waals surface area contributed by atoms with Gasteiger partial charge in [0.05, 0.1) is 0 Å². The summed E-state index contributed by atoms with van der Waals surface area (Å²) < 4.78 is 10.4. The molecule has 114 valence electrons. The Hall–Kier alpha value is -2.09. The van der Waals surface area contributed by atoms with Gasteiger partial charge in [0.15, 0.2) is 11.5 Å². The summed E-state index contributed by atoms with van der Waals surface area (Å²) in [5, 5.41) is 5.18. The van der Waals surface area contributed by atoms with Gasteiger partial charge in [-0.25, -0.2) is 4.79 Å². The Bertz CT molecular complexity index is 538. The second-order valence-corrected chi connectivity index (χ2v) is 5.39. The first kappa shape index (κ1) is 15.3. The largest absolute Gasteiger partial charge is 0.454 e. The predicted octanol–water partition coefficient (Wildman–Crippen LogP) is 1.14. The number of fused-ring (bicyclic) bond motifs is 1. The van der Waals surface area contributed by atoms with Crippen molar-refractivity contribution in [3.63, 3.8) is 0 Å². The van der Waals surface area contributed by atoms with Crippen LogP contribution in [0.4, 0.5) is 10.5 Å². The zero-order valence-corrected chi connectivity index (χ0v) is 12.4. The Morgan fingerprint density at radius 1 is 1.38 bits per heavy atom. The second kappa shape index (κ2) is 7.07. The van der Waals surface area contributed by atoms with Crippen molar-refractivity contribution in [1.29, 1.82) is 0 Å². The third-order valence-electron chi connectivity index (χ3n) is 2.88. The quantitative estimate of drug-likeness (QED) is 0.731. The maximum absolute atomic E-state index is 12.2. The number of thioether (sulfide) groups is 1. The van der Waals surface area contributed by atoms with E-state index < -0.39 is 12.1 Å². The van der Waals surface area contributed by atoms with Crippen molar-refractivity contribution < 1.29 is 19.1 Å². The lowest BCUT2D eigenvalue weighted by Crippen LogP contribution is -2.46. The molecule has 1 aromatic rings. The van der Waals surface area contributed by atoms with Crippen molar-refractivity contribution in [2.24, 2.45) is 5.73 Å². The van der Waals surface area contributed by atoms with E-state index in [1.165, 1.54) is 0 Å². The van der Waals surface area contributed by atoms with Gasteiger partial charge in [0.1, 0.15) is 6.04 Å². The van der Waals surface area contributed by atoms with Crippen molar-refractivity contribution in [3.8, 4) is 11.5 Å². The van der Waals surface area contributed by atoms with Gasteiger partial charge in [-0.2, -0.15) is 11.8 Å². The van der Waals surface area contributed by atoms with Crippen molar-refractivity contribution >= 4 is 29.4 Å². The third-order valence-corrected chi connectivity index (χ3v) is 3.53. The van der Waals surface area contributed by atoms with Gasteiger partial charge in [0.2, 0.25) is 12.7 Å². The summed E-state index contributed by atoms with van der Waals surface area (Å²) >= 11 is 1.59. The van der Waals surface area contributed by atoms with Crippen LogP contribution in [0.15, 0.2) is 18.2 Å². The number of carbonyl (C=O) groups is 2. The molecule has 0 saturated heterocycles. The van der Waals surface area contributed by atoms with Crippen LogP contribution in [-0.4, -0.2) is 36.8 Å². The number of rotatable bonds is 6. The van der Waals surface area contributed by atoms with Gasteiger partial charge >= 0.3 is 6.03 Å². The number of nitrogens with two attached hydrogens (primary N) is 1. The summed E-state index contributed by atoms with van der Waals surface area (Å²) in [6.07, 6.45) is 2.43. The monoisotopic (exact) mass is 311 g/mol. The number of benzene rings is 1. The Morgan fingerprint density at radius 3 is 2.86 bits per heavy atom. The minimum atomic E-state index is -0.720. The van der Waals surface area contributed by atoms with Crippen LogP contribution in [0.2, 0.25) is 0 Å². The van der Waals surface area contributed by atoms with Crippen LogP contribution in [0.3, 0.4) is 0 Å². The van der Waals surface area contributed by atoms with Crippen molar-refractivity contribution in [1.82, 2.24) is 5.32 Å². The van der Waals surface area contributed by atoms with Gasteiger partial charge in [-0.3, -0.25) is 4.79 Å². The van der Waals surface area contributed by atoms with E-state index in [-0.39, 0.29) is 12.7 Å². The highest BCUT2D eigenvalue weighted by atomic mass is 32.2. The normalized spacial score (nSPS) is 13.6. The number of primary amides is 1. The molecule has 0 spiro atoms. The van der Waals surface area contributed by atoms with E-state index in [1.807, 2.05) is 6.26 Å². The minimum Gasteiger partial charge on any atom is -0.454 e. The van der Waals surface area contributed by atoms with E-state index in [2.05, 4.69) is 10.6 Å². The number of hydrogen-bond acceptors (Lipinski definition) is 5. The molecule has 1 heterocycles. The zero-order chi connectivity index (χ0) is 15.2. The predicted molar refractivity (Wildman–Crippen MR) is 80.7 cm³/mol. The fourth-order valence-electron chi connectivity index (χ4n) is 1.88. The molecular weight excluding hydrogens is 294 g/mol. The van der Waals surface area contributed by atoms with Gasteiger partial charge in [-0.15, -0.1) is 0 Å². The van der Waals surface area contributed by atoms with E-state index in [0.29, 0.717) is 23.6 Å². The minimum absolute atomic E-state index is 0.173. The molecule has 21 heavy (non-hydrogen) atoms.